The second-order valence-corrected chi connectivity index (χ2v) is 2.69. The van der Waals surface area contributed by atoms with E-state index in [1.54, 1.807) is 12.4 Å². The maximum Gasteiger partial charge on any atom is 0.341 e. The van der Waals surface area contributed by atoms with Crippen molar-refractivity contribution in [2.24, 2.45) is 0 Å². The van der Waals surface area contributed by atoms with E-state index >= 15 is 0 Å². The Labute approximate surface area is 78.9 Å². The van der Waals surface area contributed by atoms with Gasteiger partial charge in [-0.25, -0.2) is 14.2 Å². The molecule has 4 nitrogen and oxygen atoms in total. The zero-order chi connectivity index (χ0) is 10.1. The summed E-state index contributed by atoms with van der Waals surface area (Å²) in [5, 5.41) is 0. The highest BCUT2D eigenvalue weighted by atomic mass is 19.1. The number of carbonyl (C=O) groups excluding carboxylic acids is 1. The molecule has 0 atom stereocenters. The second-order valence-electron chi connectivity index (χ2n) is 2.69. The first-order valence-electron chi connectivity index (χ1n) is 3.93. The van der Waals surface area contributed by atoms with Crippen LogP contribution in [0.5, 0.6) is 0 Å². The third kappa shape index (κ3) is 1.14. The highest BCUT2D eigenvalue weighted by Crippen LogP contribution is 2.13. The summed E-state index contributed by atoms with van der Waals surface area (Å²) >= 11 is 0. The topological polar surface area (TPSA) is 43.6 Å². The molecule has 0 fully saturated rings. The summed E-state index contributed by atoms with van der Waals surface area (Å²) in [5.41, 5.74) is 0.0131. The molecule has 0 aliphatic rings. The van der Waals surface area contributed by atoms with Crippen LogP contribution in [-0.2, 0) is 4.74 Å². The van der Waals surface area contributed by atoms with E-state index in [0.717, 1.165) is 0 Å². The predicted octanol–water partition coefficient (Wildman–Crippen LogP) is 1.26. The van der Waals surface area contributed by atoms with Crippen LogP contribution in [0.25, 0.3) is 5.65 Å². The van der Waals surface area contributed by atoms with Gasteiger partial charge >= 0.3 is 5.97 Å². The lowest BCUT2D eigenvalue weighted by atomic mass is 10.2. The molecule has 0 aromatic carbocycles. The molecule has 0 aliphatic heterocycles. The van der Waals surface area contributed by atoms with Crippen molar-refractivity contribution in [3.05, 3.63) is 36.0 Å². The molecule has 14 heavy (non-hydrogen) atoms. The molecule has 2 heterocycles. The van der Waals surface area contributed by atoms with Gasteiger partial charge in [0, 0.05) is 18.6 Å². The summed E-state index contributed by atoms with van der Waals surface area (Å²) in [4.78, 5) is 14.9. The summed E-state index contributed by atoms with van der Waals surface area (Å²) < 4.78 is 19.5. The van der Waals surface area contributed by atoms with E-state index in [1.807, 2.05) is 0 Å². The number of pyridine rings is 1. The van der Waals surface area contributed by atoms with Gasteiger partial charge in [-0.2, -0.15) is 0 Å². The van der Waals surface area contributed by atoms with Crippen molar-refractivity contribution in [2.75, 3.05) is 7.11 Å². The number of hydrogen-bond acceptors (Lipinski definition) is 3. The minimum absolute atomic E-state index is 0.105. The van der Waals surface area contributed by atoms with Crippen LogP contribution in [0.3, 0.4) is 0 Å². The first kappa shape index (κ1) is 8.68. The number of esters is 1. The van der Waals surface area contributed by atoms with Gasteiger partial charge in [-0.15, -0.1) is 0 Å². The molecular weight excluding hydrogens is 187 g/mol. The Hall–Kier alpha value is -1.91. The van der Waals surface area contributed by atoms with E-state index in [1.165, 1.54) is 23.8 Å². The summed E-state index contributed by atoms with van der Waals surface area (Å²) in [6, 6.07) is 1.36. The van der Waals surface area contributed by atoms with Crippen molar-refractivity contribution in [3.63, 3.8) is 0 Å². The number of carbonyl (C=O) groups is 1. The van der Waals surface area contributed by atoms with Crippen molar-refractivity contribution < 1.29 is 13.9 Å². The Morgan fingerprint density at radius 1 is 1.57 bits per heavy atom. The molecule has 0 saturated heterocycles. The second kappa shape index (κ2) is 3.10. The number of nitrogens with zero attached hydrogens (tertiary/aromatic N) is 2. The van der Waals surface area contributed by atoms with Crippen molar-refractivity contribution in [2.45, 2.75) is 0 Å². The van der Waals surface area contributed by atoms with Crippen LogP contribution in [0.2, 0.25) is 0 Å². The average Bonchev–Trinajstić information content (AvgIpc) is 2.66. The Morgan fingerprint density at radius 2 is 2.36 bits per heavy atom. The smallest absolute Gasteiger partial charge is 0.341 e. The van der Waals surface area contributed by atoms with Crippen LogP contribution in [0.1, 0.15) is 10.4 Å². The molecule has 5 heteroatoms. The molecule has 0 aliphatic carbocycles. The number of methoxy groups -OCH3 is 1. The number of hydrogen-bond donors (Lipinski definition) is 0. The van der Waals surface area contributed by atoms with Crippen molar-refractivity contribution in [1.82, 2.24) is 9.38 Å². The zero-order valence-corrected chi connectivity index (χ0v) is 7.40. The fourth-order valence-corrected chi connectivity index (χ4v) is 1.22. The van der Waals surface area contributed by atoms with Crippen LogP contribution in [0.15, 0.2) is 24.7 Å². The minimum atomic E-state index is -0.701. The van der Waals surface area contributed by atoms with Crippen LogP contribution in [0, 0.1) is 5.82 Å². The molecule has 72 valence electrons. The third-order valence-corrected chi connectivity index (χ3v) is 1.91. The Kier molecular flexibility index (Phi) is 1.92. The molecule has 0 unspecified atom stereocenters. The molecule has 0 amide bonds. The van der Waals surface area contributed by atoms with E-state index in [2.05, 4.69) is 9.72 Å². The van der Waals surface area contributed by atoms with Gasteiger partial charge in [0.05, 0.1) is 7.11 Å². The SMILES string of the molecule is COC(=O)c1ccn2ccnc2c1F. The van der Waals surface area contributed by atoms with Crippen molar-refractivity contribution in [1.29, 1.82) is 0 Å². The van der Waals surface area contributed by atoms with Crippen molar-refractivity contribution >= 4 is 11.6 Å². The normalized spacial score (nSPS) is 10.4. The number of imidazole rings is 1. The van der Waals surface area contributed by atoms with Gasteiger partial charge in [-0.1, -0.05) is 0 Å². The van der Waals surface area contributed by atoms with Gasteiger partial charge in [0.2, 0.25) is 0 Å². The van der Waals surface area contributed by atoms with E-state index in [4.69, 9.17) is 0 Å². The Balaban J connectivity index is 2.67. The van der Waals surface area contributed by atoms with Gasteiger partial charge in [0.15, 0.2) is 11.5 Å². The third-order valence-electron chi connectivity index (χ3n) is 1.91. The maximum absolute atomic E-state index is 13.6. The van der Waals surface area contributed by atoms with Crippen LogP contribution in [-0.4, -0.2) is 22.5 Å². The fourth-order valence-electron chi connectivity index (χ4n) is 1.22. The van der Waals surface area contributed by atoms with Gasteiger partial charge in [0.1, 0.15) is 5.56 Å². The number of fused-ring (bicyclic) bond motifs is 1. The standard InChI is InChI=1S/C9H7FN2O2/c1-14-9(13)6-2-4-12-5-3-11-8(12)7(6)10/h2-5H,1H3. The highest BCUT2D eigenvalue weighted by Gasteiger charge is 2.15. The van der Waals surface area contributed by atoms with Gasteiger partial charge < -0.3 is 9.14 Å². The average molecular weight is 194 g/mol. The van der Waals surface area contributed by atoms with Gasteiger partial charge in [0.25, 0.3) is 0 Å². The highest BCUT2D eigenvalue weighted by molar-refractivity contribution is 5.90. The maximum atomic E-state index is 13.6. The van der Waals surface area contributed by atoms with Gasteiger partial charge in [-0.05, 0) is 6.07 Å². The molecule has 0 saturated carbocycles. The van der Waals surface area contributed by atoms with Crippen LogP contribution in [0.4, 0.5) is 4.39 Å². The lowest BCUT2D eigenvalue weighted by Crippen LogP contribution is -2.06. The van der Waals surface area contributed by atoms with Crippen LogP contribution < -0.4 is 0 Å². The van der Waals surface area contributed by atoms with E-state index in [-0.39, 0.29) is 11.2 Å². The van der Waals surface area contributed by atoms with Crippen LogP contribution >= 0.6 is 0 Å². The van der Waals surface area contributed by atoms with E-state index in [9.17, 15) is 9.18 Å². The minimum Gasteiger partial charge on any atom is -0.465 e. The molecule has 2 aromatic heterocycles. The number of aromatic nitrogens is 2. The summed E-state index contributed by atoms with van der Waals surface area (Å²) in [6.07, 6.45) is 4.61. The largest absolute Gasteiger partial charge is 0.465 e. The molecule has 0 radical (unpaired) electrons. The van der Waals surface area contributed by atoms with Gasteiger partial charge in [-0.3, -0.25) is 0 Å². The first-order chi connectivity index (χ1) is 6.74. The Morgan fingerprint density at radius 3 is 3.07 bits per heavy atom. The van der Waals surface area contributed by atoms with E-state index < -0.39 is 11.8 Å². The fraction of sp³-hybridized carbons (Fsp3) is 0.111. The summed E-state index contributed by atoms with van der Waals surface area (Å²) in [6.45, 7) is 0. The lowest BCUT2D eigenvalue weighted by molar-refractivity contribution is 0.0595. The molecule has 0 bridgehead atoms. The number of halogens is 1. The molecule has 2 rings (SSSR count). The molecular formula is C9H7FN2O2. The van der Waals surface area contributed by atoms with Crippen molar-refractivity contribution in [3.8, 4) is 0 Å². The predicted molar refractivity (Wildman–Crippen MR) is 46.5 cm³/mol. The monoisotopic (exact) mass is 194 g/mol. The molecule has 2 aromatic rings. The number of ether oxygens (including phenoxy) is 1. The quantitative estimate of drug-likeness (QED) is 0.642. The zero-order valence-electron chi connectivity index (χ0n) is 7.40. The molecule has 0 N–H and O–H groups in total. The number of rotatable bonds is 1. The lowest BCUT2D eigenvalue weighted by Gasteiger charge is -2.01. The van der Waals surface area contributed by atoms with E-state index in [0.29, 0.717) is 0 Å². The summed E-state index contributed by atoms with van der Waals surface area (Å²) in [5.74, 6) is -1.36. The molecule has 0 spiro atoms. The summed E-state index contributed by atoms with van der Waals surface area (Å²) in [7, 11) is 1.21. The Bertz CT molecular complexity index is 493. The first-order valence-corrected chi connectivity index (χ1v) is 3.93.